The van der Waals surface area contributed by atoms with Crippen molar-refractivity contribution in [3.05, 3.63) is 63.7 Å². The van der Waals surface area contributed by atoms with Crippen molar-refractivity contribution in [2.75, 3.05) is 0 Å². The molecule has 1 atom stereocenters. The van der Waals surface area contributed by atoms with Crippen LogP contribution in [0.5, 0.6) is 0 Å². The quantitative estimate of drug-likeness (QED) is 0.434. The molecule has 0 bridgehead atoms. The van der Waals surface area contributed by atoms with Gasteiger partial charge in [0.05, 0.1) is 10.3 Å². The van der Waals surface area contributed by atoms with E-state index in [1.165, 1.54) is 6.07 Å². The molecule has 0 fully saturated rings. The van der Waals surface area contributed by atoms with E-state index >= 15 is 0 Å². The van der Waals surface area contributed by atoms with Gasteiger partial charge in [-0.3, -0.25) is 10.1 Å². The molecule has 0 saturated heterocycles. The van der Waals surface area contributed by atoms with Gasteiger partial charge in [-0.05, 0) is 28.3 Å². The SMILES string of the molecule is O=[N+]([O-])c1ccc2c(c1)-c1ccccc1C2Cl. The van der Waals surface area contributed by atoms with Crippen molar-refractivity contribution in [2.45, 2.75) is 5.38 Å². The fraction of sp³-hybridized carbons (Fsp3) is 0.0769. The van der Waals surface area contributed by atoms with Crippen molar-refractivity contribution in [3.8, 4) is 11.1 Å². The van der Waals surface area contributed by atoms with Crippen LogP contribution in [0.3, 0.4) is 0 Å². The molecule has 0 radical (unpaired) electrons. The van der Waals surface area contributed by atoms with E-state index in [4.69, 9.17) is 11.6 Å². The van der Waals surface area contributed by atoms with E-state index in [1.807, 2.05) is 24.3 Å². The van der Waals surface area contributed by atoms with E-state index in [2.05, 4.69) is 0 Å². The summed E-state index contributed by atoms with van der Waals surface area (Å²) in [6.07, 6.45) is 0. The molecule has 4 heteroatoms. The second kappa shape index (κ2) is 3.57. The average Bonchev–Trinajstić information content (AvgIpc) is 2.64. The third-order valence-corrected chi connectivity index (χ3v) is 3.51. The van der Waals surface area contributed by atoms with E-state index in [1.54, 1.807) is 12.1 Å². The van der Waals surface area contributed by atoms with Crippen LogP contribution in [0.15, 0.2) is 42.5 Å². The van der Waals surface area contributed by atoms with E-state index in [9.17, 15) is 10.1 Å². The van der Waals surface area contributed by atoms with E-state index in [0.29, 0.717) is 0 Å². The highest BCUT2D eigenvalue weighted by Crippen LogP contribution is 2.47. The third-order valence-electron chi connectivity index (χ3n) is 3.04. The molecule has 2 aromatic carbocycles. The summed E-state index contributed by atoms with van der Waals surface area (Å²) < 4.78 is 0. The van der Waals surface area contributed by atoms with Gasteiger partial charge in [-0.25, -0.2) is 0 Å². The summed E-state index contributed by atoms with van der Waals surface area (Å²) in [5.41, 5.74) is 3.92. The van der Waals surface area contributed by atoms with Crippen molar-refractivity contribution >= 4 is 17.3 Å². The average molecular weight is 246 g/mol. The molecule has 0 N–H and O–H groups in total. The lowest BCUT2D eigenvalue weighted by atomic mass is 10.1. The molecule has 17 heavy (non-hydrogen) atoms. The van der Waals surface area contributed by atoms with Gasteiger partial charge in [0.15, 0.2) is 0 Å². The Morgan fingerprint density at radius 3 is 2.53 bits per heavy atom. The van der Waals surface area contributed by atoms with Gasteiger partial charge < -0.3 is 0 Å². The number of alkyl halides is 1. The summed E-state index contributed by atoms with van der Waals surface area (Å²) >= 11 is 6.34. The summed E-state index contributed by atoms with van der Waals surface area (Å²) in [6.45, 7) is 0. The second-order valence-electron chi connectivity index (χ2n) is 3.98. The highest BCUT2D eigenvalue weighted by atomic mass is 35.5. The van der Waals surface area contributed by atoms with Crippen LogP contribution in [-0.2, 0) is 0 Å². The Morgan fingerprint density at radius 1 is 1.06 bits per heavy atom. The number of benzene rings is 2. The van der Waals surface area contributed by atoms with Crippen molar-refractivity contribution < 1.29 is 4.92 Å². The molecular formula is C13H8ClNO2. The molecule has 1 unspecified atom stereocenters. The van der Waals surface area contributed by atoms with Gasteiger partial charge in [-0.1, -0.05) is 24.3 Å². The molecule has 0 spiro atoms. The Kier molecular flexibility index (Phi) is 2.16. The Balaban J connectivity index is 2.27. The van der Waals surface area contributed by atoms with Gasteiger partial charge in [0, 0.05) is 12.1 Å². The maximum absolute atomic E-state index is 10.8. The maximum Gasteiger partial charge on any atom is 0.270 e. The van der Waals surface area contributed by atoms with Crippen LogP contribution in [0.25, 0.3) is 11.1 Å². The molecule has 3 nitrogen and oxygen atoms in total. The van der Waals surface area contributed by atoms with E-state index in [-0.39, 0.29) is 16.0 Å². The minimum atomic E-state index is -0.384. The number of rotatable bonds is 1. The van der Waals surface area contributed by atoms with Gasteiger partial charge >= 0.3 is 0 Å². The normalized spacial score (nSPS) is 16.4. The van der Waals surface area contributed by atoms with Gasteiger partial charge in [-0.2, -0.15) is 0 Å². The number of halogens is 1. The van der Waals surface area contributed by atoms with Crippen LogP contribution in [0.1, 0.15) is 16.5 Å². The van der Waals surface area contributed by atoms with E-state index < -0.39 is 0 Å². The molecule has 84 valence electrons. The summed E-state index contributed by atoms with van der Waals surface area (Å²) in [5, 5.41) is 10.6. The standard InChI is InChI=1S/C13H8ClNO2/c14-13-10-4-2-1-3-9(10)12-7-8(15(16)17)5-6-11(12)13/h1-7,13H. The smallest absolute Gasteiger partial charge is 0.258 e. The highest BCUT2D eigenvalue weighted by molar-refractivity contribution is 6.24. The summed E-state index contributed by atoms with van der Waals surface area (Å²) in [6, 6.07) is 12.6. The molecule has 1 aliphatic rings. The first-order chi connectivity index (χ1) is 8.18. The fourth-order valence-corrected chi connectivity index (χ4v) is 2.62. The minimum Gasteiger partial charge on any atom is -0.258 e. The monoisotopic (exact) mass is 245 g/mol. The van der Waals surface area contributed by atoms with Crippen molar-refractivity contribution in [2.24, 2.45) is 0 Å². The van der Waals surface area contributed by atoms with Crippen LogP contribution < -0.4 is 0 Å². The Bertz CT molecular complexity index is 625. The molecular weight excluding hydrogens is 238 g/mol. The minimum absolute atomic E-state index is 0.101. The van der Waals surface area contributed by atoms with Crippen LogP contribution in [-0.4, -0.2) is 4.92 Å². The zero-order valence-corrected chi connectivity index (χ0v) is 9.52. The topological polar surface area (TPSA) is 43.1 Å². The van der Waals surface area contributed by atoms with Crippen LogP contribution in [0.4, 0.5) is 5.69 Å². The Labute approximate surface area is 103 Å². The largest absolute Gasteiger partial charge is 0.270 e. The molecule has 0 aliphatic heterocycles. The second-order valence-corrected chi connectivity index (χ2v) is 4.41. The van der Waals surface area contributed by atoms with Gasteiger partial charge in [0.2, 0.25) is 0 Å². The van der Waals surface area contributed by atoms with Crippen LogP contribution >= 0.6 is 11.6 Å². The molecule has 0 aromatic heterocycles. The van der Waals surface area contributed by atoms with Crippen molar-refractivity contribution in [3.63, 3.8) is 0 Å². The molecule has 0 heterocycles. The summed E-state index contributed by atoms with van der Waals surface area (Å²) in [5.74, 6) is 0. The zero-order chi connectivity index (χ0) is 12.0. The lowest BCUT2D eigenvalue weighted by molar-refractivity contribution is -0.384. The Hall–Kier alpha value is -1.87. The van der Waals surface area contributed by atoms with Crippen LogP contribution in [0, 0.1) is 10.1 Å². The molecule has 2 aromatic rings. The number of nitro benzene ring substituents is 1. The number of nitrogens with zero attached hydrogens (tertiary/aromatic N) is 1. The van der Waals surface area contributed by atoms with Gasteiger partial charge in [0.1, 0.15) is 0 Å². The van der Waals surface area contributed by atoms with Gasteiger partial charge in [-0.15, -0.1) is 11.6 Å². The van der Waals surface area contributed by atoms with Crippen molar-refractivity contribution in [1.82, 2.24) is 0 Å². The lowest BCUT2D eigenvalue weighted by Crippen LogP contribution is -1.90. The molecule has 1 aliphatic carbocycles. The van der Waals surface area contributed by atoms with Gasteiger partial charge in [0.25, 0.3) is 5.69 Å². The lowest BCUT2D eigenvalue weighted by Gasteiger charge is -2.02. The highest BCUT2D eigenvalue weighted by Gasteiger charge is 2.28. The number of non-ortho nitro benzene ring substituents is 1. The maximum atomic E-state index is 10.8. The molecule has 3 rings (SSSR count). The first kappa shape index (κ1) is 10.3. The molecule has 0 amide bonds. The van der Waals surface area contributed by atoms with E-state index in [0.717, 1.165) is 22.3 Å². The van der Waals surface area contributed by atoms with Crippen molar-refractivity contribution in [1.29, 1.82) is 0 Å². The van der Waals surface area contributed by atoms with Crippen LogP contribution in [0.2, 0.25) is 0 Å². The number of fused-ring (bicyclic) bond motifs is 3. The summed E-state index contributed by atoms with van der Waals surface area (Å²) in [7, 11) is 0. The predicted octanol–water partition coefficient (Wildman–Crippen LogP) is 3.90. The Morgan fingerprint density at radius 2 is 1.76 bits per heavy atom. The number of hydrogen-bond donors (Lipinski definition) is 0. The first-order valence-electron chi connectivity index (χ1n) is 5.20. The number of hydrogen-bond acceptors (Lipinski definition) is 2. The third kappa shape index (κ3) is 1.43. The zero-order valence-electron chi connectivity index (χ0n) is 8.76. The number of nitro groups is 1. The fourth-order valence-electron chi connectivity index (χ4n) is 2.24. The molecule has 0 saturated carbocycles. The predicted molar refractivity (Wildman–Crippen MR) is 66.2 cm³/mol. The first-order valence-corrected chi connectivity index (χ1v) is 5.64. The summed E-state index contributed by atoms with van der Waals surface area (Å²) in [4.78, 5) is 10.4.